The molecule has 0 aromatic rings. The molecule has 3 unspecified atom stereocenters. The van der Waals surface area contributed by atoms with Crippen LogP contribution in [-0.2, 0) is 9.59 Å². The highest BCUT2D eigenvalue weighted by atomic mass is 16.4. The molecule has 0 heterocycles. The number of hydrogen-bond acceptors (Lipinski definition) is 4. The third kappa shape index (κ3) is 11.2. The first-order valence-corrected chi connectivity index (χ1v) is 20.8. The quantitative estimate of drug-likeness (QED) is 0.0957. The van der Waals surface area contributed by atoms with Gasteiger partial charge < -0.3 is 21.1 Å². The monoisotopic (exact) mass is 676 g/mol. The minimum Gasteiger partial charge on any atom is -0.481 e. The molecular formula is C42H77NO5. The molecule has 0 spiro atoms. The van der Waals surface area contributed by atoms with Gasteiger partial charge in [-0.15, -0.1) is 0 Å². The van der Waals surface area contributed by atoms with E-state index in [0.29, 0.717) is 48.3 Å². The number of hydrogen-bond donors (Lipinski definition) is 4. The first-order valence-electron chi connectivity index (χ1n) is 20.8. The zero-order chi connectivity index (χ0) is 35.2. The van der Waals surface area contributed by atoms with Crippen LogP contribution in [0.25, 0.3) is 0 Å². The van der Waals surface area contributed by atoms with Crippen molar-refractivity contribution >= 4 is 11.9 Å². The normalized spacial score (nSPS) is 34.7. The Bertz CT molecular complexity index is 941. The number of fused-ring (bicyclic) bond motifs is 5. The Labute approximate surface area is 295 Å². The fourth-order valence-corrected chi connectivity index (χ4v) is 11.4. The zero-order valence-electron chi connectivity index (χ0n) is 31.7. The molecule has 0 saturated heterocycles. The van der Waals surface area contributed by atoms with Crippen LogP contribution in [0.3, 0.4) is 0 Å². The Hall–Kier alpha value is -1.14. The van der Waals surface area contributed by atoms with Crippen LogP contribution in [-0.4, -0.2) is 39.4 Å². The van der Waals surface area contributed by atoms with E-state index in [-0.39, 0.29) is 35.4 Å². The number of aliphatic hydroxyl groups is 2. The summed E-state index contributed by atoms with van der Waals surface area (Å²) in [6.45, 7) is 9.17. The predicted molar refractivity (Wildman–Crippen MR) is 197 cm³/mol. The Morgan fingerprint density at radius 2 is 1.31 bits per heavy atom. The van der Waals surface area contributed by atoms with Crippen LogP contribution < -0.4 is 5.73 Å². The van der Waals surface area contributed by atoms with E-state index in [1.807, 2.05) is 0 Å². The predicted octanol–water partition coefficient (Wildman–Crippen LogP) is 10.2. The molecule has 0 aliphatic heterocycles. The highest BCUT2D eigenvalue weighted by Gasteiger charge is 2.65. The highest BCUT2D eigenvalue weighted by Crippen LogP contribution is 2.68. The van der Waals surface area contributed by atoms with Gasteiger partial charge in [0, 0.05) is 12.8 Å². The first kappa shape index (κ1) is 41.3. The SMILES string of the molecule is CCCCCCCCCCCCCCCCCC(N)=O.C[C@H](CCC(=O)O)[C@H]1CCC2C3C(C[C@H](O)[C@@]21C)[C@@]1(C)CCCC[C@H]1C[C@H]3O. The number of carboxylic acid groups (broad SMARTS) is 1. The molecule has 4 saturated carbocycles. The standard InChI is InChI=1S/C24H40O4.C18H37NO/c1-14(7-10-21(27)28)16-8-9-17-22-18(13-20(26)24(16,17)3)23(2)11-5-4-6-15(23)12-19(22)25;1-2-3-4-5-6-7-8-9-10-11-12-13-14-15-16-17-18(19)20/h14-20,22,25-26H,4-13H2,1-3H3,(H,27,28);2-17H2,1H3,(H2,19,20)/t14-,15+,16-,17?,18?,19-,20+,22?,23+,24-;/m1./s1. The molecule has 280 valence electrons. The minimum atomic E-state index is -0.727. The molecule has 0 aromatic carbocycles. The van der Waals surface area contributed by atoms with E-state index in [0.717, 1.165) is 32.1 Å². The van der Waals surface area contributed by atoms with Crippen molar-refractivity contribution in [1.82, 2.24) is 0 Å². The second kappa shape index (κ2) is 20.6. The third-order valence-electron chi connectivity index (χ3n) is 14.3. The zero-order valence-corrected chi connectivity index (χ0v) is 31.7. The molecule has 4 fully saturated rings. The molecule has 4 rings (SSSR count). The van der Waals surface area contributed by atoms with Crippen LogP contribution >= 0.6 is 0 Å². The summed E-state index contributed by atoms with van der Waals surface area (Å²) in [5, 5.41) is 31.8. The molecule has 1 amide bonds. The lowest BCUT2D eigenvalue weighted by molar-refractivity contribution is -0.201. The van der Waals surface area contributed by atoms with E-state index in [1.165, 1.54) is 116 Å². The van der Waals surface area contributed by atoms with E-state index < -0.39 is 5.97 Å². The van der Waals surface area contributed by atoms with Gasteiger partial charge in [-0.25, -0.2) is 0 Å². The molecular weight excluding hydrogens is 598 g/mol. The average Bonchev–Trinajstić information content (AvgIpc) is 3.41. The lowest BCUT2D eigenvalue weighted by atomic mass is 9.43. The van der Waals surface area contributed by atoms with Gasteiger partial charge in [-0.3, -0.25) is 9.59 Å². The Balaban J connectivity index is 0.000000279. The Kier molecular flexibility index (Phi) is 17.8. The van der Waals surface area contributed by atoms with Crippen molar-refractivity contribution in [2.75, 3.05) is 0 Å². The largest absolute Gasteiger partial charge is 0.481 e. The molecule has 4 aliphatic rings. The number of aliphatic carboxylic acids is 1. The maximum Gasteiger partial charge on any atom is 0.303 e. The number of aliphatic hydroxyl groups excluding tert-OH is 2. The summed E-state index contributed by atoms with van der Waals surface area (Å²) in [4.78, 5) is 21.6. The van der Waals surface area contributed by atoms with Gasteiger partial charge in [0.25, 0.3) is 0 Å². The number of rotatable bonds is 20. The molecule has 4 aliphatic carbocycles. The van der Waals surface area contributed by atoms with Crippen LogP contribution in [0.4, 0.5) is 0 Å². The molecule has 6 nitrogen and oxygen atoms in total. The summed E-state index contributed by atoms with van der Waals surface area (Å²) in [7, 11) is 0. The number of amides is 1. The van der Waals surface area contributed by atoms with Crippen LogP contribution in [0, 0.1) is 46.3 Å². The van der Waals surface area contributed by atoms with Gasteiger partial charge in [0.15, 0.2) is 0 Å². The van der Waals surface area contributed by atoms with Crippen molar-refractivity contribution < 1.29 is 24.9 Å². The highest BCUT2D eigenvalue weighted by molar-refractivity contribution is 5.73. The smallest absolute Gasteiger partial charge is 0.303 e. The third-order valence-corrected chi connectivity index (χ3v) is 14.3. The first-order chi connectivity index (χ1) is 23.0. The number of nitrogens with two attached hydrogens (primary N) is 1. The van der Waals surface area contributed by atoms with E-state index in [2.05, 4.69) is 27.7 Å². The van der Waals surface area contributed by atoms with E-state index >= 15 is 0 Å². The van der Waals surface area contributed by atoms with Crippen molar-refractivity contribution in [1.29, 1.82) is 0 Å². The van der Waals surface area contributed by atoms with Gasteiger partial charge in [0.1, 0.15) is 0 Å². The Morgan fingerprint density at radius 3 is 1.85 bits per heavy atom. The van der Waals surface area contributed by atoms with Crippen LogP contribution in [0.2, 0.25) is 0 Å². The average molecular weight is 676 g/mol. The van der Waals surface area contributed by atoms with Crippen LogP contribution in [0.15, 0.2) is 0 Å². The van der Waals surface area contributed by atoms with Gasteiger partial charge in [-0.2, -0.15) is 0 Å². The topological polar surface area (TPSA) is 121 Å². The van der Waals surface area contributed by atoms with Crippen molar-refractivity contribution in [3.63, 3.8) is 0 Å². The molecule has 10 atom stereocenters. The molecule has 0 aromatic heterocycles. The number of carbonyl (C=O) groups is 2. The summed E-state index contributed by atoms with van der Waals surface area (Å²) in [6.07, 6.45) is 30.2. The Morgan fingerprint density at radius 1 is 0.750 bits per heavy atom. The van der Waals surface area contributed by atoms with Gasteiger partial charge in [0.05, 0.1) is 12.2 Å². The van der Waals surface area contributed by atoms with Crippen LogP contribution in [0.1, 0.15) is 195 Å². The number of carboxylic acids is 1. The molecule has 0 radical (unpaired) electrons. The summed E-state index contributed by atoms with van der Waals surface area (Å²) in [5.41, 5.74) is 5.20. The number of carbonyl (C=O) groups excluding carboxylic acids is 1. The summed E-state index contributed by atoms with van der Waals surface area (Å²) in [5.74, 6) is 1.50. The van der Waals surface area contributed by atoms with Gasteiger partial charge >= 0.3 is 5.97 Å². The van der Waals surface area contributed by atoms with E-state index in [4.69, 9.17) is 10.8 Å². The summed E-state index contributed by atoms with van der Waals surface area (Å²) in [6, 6.07) is 0. The van der Waals surface area contributed by atoms with E-state index in [9.17, 15) is 19.8 Å². The second-order valence-corrected chi connectivity index (χ2v) is 17.4. The van der Waals surface area contributed by atoms with Crippen molar-refractivity contribution in [2.24, 2.45) is 52.1 Å². The fourth-order valence-electron chi connectivity index (χ4n) is 11.4. The van der Waals surface area contributed by atoms with Gasteiger partial charge in [0.2, 0.25) is 5.91 Å². The van der Waals surface area contributed by atoms with Gasteiger partial charge in [-0.1, -0.05) is 130 Å². The van der Waals surface area contributed by atoms with Crippen molar-refractivity contribution in [2.45, 2.75) is 207 Å². The summed E-state index contributed by atoms with van der Waals surface area (Å²) < 4.78 is 0. The van der Waals surface area contributed by atoms with Gasteiger partial charge in [-0.05, 0) is 97.7 Å². The van der Waals surface area contributed by atoms with Crippen molar-refractivity contribution in [3.05, 3.63) is 0 Å². The minimum absolute atomic E-state index is 0.153. The van der Waals surface area contributed by atoms with E-state index in [1.54, 1.807) is 0 Å². The van der Waals surface area contributed by atoms with Crippen LogP contribution in [0.5, 0.6) is 0 Å². The maximum absolute atomic E-state index is 11.5. The summed E-state index contributed by atoms with van der Waals surface area (Å²) >= 11 is 0. The number of unbranched alkanes of at least 4 members (excludes halogenated alkanes) is 14. The van der Waals surface area contributed by atoms with Crippen molar-refractivity contribution in [3.8, 4) is 0 Å². The number of primary amides is 1. The molecule has 0 bridgehead atoms. The second-order valence-electron chi connectivity index (χ2n) is 17.4. The molecule has 48 heavy (non-hydrogen) atoms. The maximum atomic E-state index is 11.5. The fraction of sp³-hybridized carbons (Fsp3) is 0.952. The lowest BCUT2D eigenvalue weighted by Crippen LogP contribution is -2.61. The lowest BCUT2D eigenvalue weighted by Gasteiger charge is -2.63. The molecule has 6 heteroatoms. The molecule has 5 N–H and O–H groups in total.